The molecule has 0 aliphatic heterocycles. The molecule has 1 aromatic heterocycles. The van der Waals surface area contributed by atoms with E-state index in [1.807, 2.05) is 39.0 Å². The molecule has 19 heavy (non-hydrogen) atoms. The summed E-state index contributed by atoms with van der Waals surface area (Å²) in [5.74, 6) is -0.626. The summed E-state index contributed by atoms with van der Waals surface area (Å²) in [5, 5.41) is 9.19. The van der Waals surface area contributed by atoms with Crippen molar-refractivity contribution in [3.63, 3.8) is 0 Å². The molecule has 3 heteroatoms. The molecular formula is C16H17NO2. The van der Waals surface area contributed by atoms with Crippen LogP contribution in [0.3, 0.4) is 0 Å². The molecule has 0 atom stereocenters. The number of aromatic carboxylic acids is 1. The van der Waals surface area contributed by atoms with Crippen LogP contribution < -0.4 is 0 Å². The molecule has 2 rings (SSSR count). The van der Waals surface area contributed by atoms with Crippen LogP contribution in [0, 0.1) is 6.92 Å². The summed E-state index contributed by atoms with van der Waals surface area (Å²) in [6.07, 6.45) is 1.79. The fourth-order valence-corrected chi connectivity index (χ4v) is 1.89. The van der Waals surface area contributed by atoms with Gasteiger partial charge in [0.25, 0.3) is 0 Å². The lowest BCUT2D eigenvalue weighted by atomic mass is 9.96. The van der Waals surface area contributed by atoms with Gasteiger partial charge in [-0.3, -0.25) is 4.98 Å². The lowest BCUT2D eigenvalue weighted by Crippen LogP contribution is -2.00. The highest BCUT2D eigenvalue weighted by Gasteiger charge is 2.11. The summed E-state index contributed by atoms with van der Waals surface area (Å²) in [4.78, 5) is 15.5. The second-order valence-electron chi connectivity index (χ2n) is 5.02. The number of pyridine rings is 1. The van der Waals surface area contributed by atoms with Gasteiger partial charge < -0.3 is 5.11 Å². The zero-order valence-electron chi connectivity index (χ0n) is 11.3. The number of rotatable bonds is 3. The fourth-order valence-electron chi connectivity index (χ4n) is 1.89. The third kappa shape index (κ3) is 2.99. The standard InChI is InChI=1S/C16H17NO2/c1-10(2)12-6-13(8-14(7-12)16(18)19)15-5-4-11(3)9-17-15/h4-10H,1-3H3,(H,18,19). The molecule has 2 aromatic rings. The van der Waals surface area contributed by atoms with Crippen molar-refractivity contribution >= 4 is 5.97 Å². The molecule has 98 valence electrons. The molecule has 0 fully saturated rings. The van der Waals surface area contributed by atoms with E-state index in [0.29, 0.717) is 5.56 Å². The SMILES string of the molecule is Cc1ccc(-c2cc(C(=O)O)cc(C(C)C)c2)nc1. The van der Waals surface area contributed by atoms with Crippen LogP contribution in [0.25, 0.3) is 11.3 Å². The van der Waals surface area contributed by atoms with Gasteiger partial charge in [-0.15, -0.1) is 0 Å². The fraction of sp³-hybridized carbons (Fsp3) is 0.250. The Hall–Kier alpha value is -2.16. The van der Waals surface area contributed by atoms with E-state index in [4.69, 9.17) is 0 Å². The highest BCUT2D eigenvalue weighted by Crippen LogP contribution is 2.25. The molecule has 0 unspecified atom stereocenters. The maximum absolute atomic E-state index is 11.2. The number of nitrogens with zero attached hydrogens (tertiary/aromatic N) is 1. The van der Waals surface area contributed by atoms with E-state index in [0.717, 1.165) is 22.4 Å². The van der Waals surface area contributed by atoms with Crippen molar-refractivity contribution in [3.8, 4) is 11.3 Å². The highest BCUT2D eigenvalue weighted by molar-refractivity contribution is 5.89. The van der Waals surface area contributed by atoms with Crippen LogP contribution in [0.15, 0.2) is 36.5 Å². The minimum atomic E-state index is -0.907. The Kier molecular flexibility index (Phi) is 3.65. The van der Waals surface area contributed by atoms with Crippen molar-refractivity contribution in [2.45, 2.75) is 26.7 Å². The molecule has 1 heterocycles. The van der Waals surface area contributed by atoms with Gasteiger partial charge in [-0.1, -0.05) is 19.9 Å². The summed E-state index contributed by atoms with van der Waals surface area (Å²) >= 11 is 0. The maximum atomic E-state index is 11.2. The second-order valence-corrected chi connectivity index (χ2v) is 5.02. The van der Waals surface area contributed by atoms with Crippen LogP contribution in [0.2, 0.25) is 0 Å². The minimum absolute atomic E-state index is 0.281. The number of hydrogen-bond acceptors (Lipinski definition) is 2. The molecule has 1 aromatic carbocycles. The Bertz CT molecular complexity index is 601. The van der Waals surface area contributed by atoms with Crippen LogP contribution >= 0.6 is 0 Å². The highest BCUT2D eigenvalue weighted by atomic mass is 16.4. The number of carboxylic acids is 1. The van der Waals surface area contributed by atoms with Crippen LogP contribution in [0.1, 0.15) is 41.3 Å². The van der Waals surface area contributed by atoms with Gasteiger partial charge in [0, 0.05) is 11.8 Å². The Morgan fingerprint density at radius 1 is 1.21 bits per heavy atom. The average molecular weight is 255 g/mol. The third-order valence-corrected chi connectivity index (χ3v) is 3.08. The lowest BCUT2D eigenvalue weighted by Gasteiger charge is -2.10. The predicted molar refractivity (Wildman–Crippen MR) is 75.5 cm³/mol. The molecule has 0 amide bonds. The van der Waals surface area contributed by atoms with Crippen molar-refractivity contribution in [2.75, 3.05) is 0 Å². The number of aryl methyl sites for hydroxylation is 1. The van der Waals surface area contributed by atoms with Gasteiger partial charge in [-0.2, -0.15) is 0 Å². The van der Waals surface area contributed by atoms with E-state index in [9.17, 15) is 9.90 Å². The predicted octanol–water partition coefficient (Wildman–Crippen LogP) is 3.88. The maximum Gasteiger partial charge on any atom is 0.335 e. The van der Waals surface area contributed by atoms with Crippen LogP contribution in [0.4, 0.5) is 0 Å². The Morgan fingerprint density at radius 2 is 1.95 bits per heavy atom. The van der Waals surface area contributed by atoms with Crippen LogP contribution in [-0.2, 0) is 0 Å². The quantitative estimate of drug-likeness (QED) is 0.905. The third-order valence-electron chi connectivity index (χ3n) is 3.08. The summed E-state index contributed by atoms with van der Waals surface area (Å²) < 4.78 is 0. The van der Waals surface area contributed by atoms with Gasteiger partial charge in [0.1, 0.15) is 0 Å². The van der Waals surface area contributed by atoms with Crippen LogP contribution in [0.5, 0.6) is 0 Å². The number of benzene rings is 1. The molecule has 0 saturated heterocycles. The van der Waals surface area contributed by atoms with E-state index in [1.54, 1.807) is 18.3 Å². The van der Waals surface area contributed by atoms with Gasteiger partial charge in [0.2, 0.25) is 0 Å². The van der Waals surface area contributed by atoms with E-state index >= 15 is 0 Å². The van der Waals surface area contributed by atoms with Gasteiger partial charge in [-0.05, 0) is 48.2 Å². The van der Waals surface area contributed by atoms with Crippen molar-refractivity contribution < 1.29 is 9.90 Å². The molecule has 0 bridgehead atoms. The summed E-state index contributed by atoms with van der Waals surface area (Å²) in [6, 6.07) is 9.30. The molecule has 0 spiro atoms. The van der Waals surface area contributed by atoms with Gasteiger partial charge in [0.15, 0.2) is 0 Å². The first-order valence-corrected chi connectivity index (χ1v) is 6.28. The van der Waals surface area contributed by atoms with Crippen molar-refractivity contribution in [1.82, 2.24) is 4.98 Å². The lowest BCUT2D eigenvalue weighted by molar-refractivity contribution is 0.0697. The van der Waals surface area contributed by atoms with Crippen molar-refractivity contribution in [3.05, 3.63) is 53.2 Å². The average Bonchev–Trinajstić information content (AvgIpc) is 2.39. The van der Waals surface area contributed by atoms with E-state index in [2.05, 4.69) is 4.98 Å². The first kappa shape index (κ1) is 13.3. The van der Waals surface area contributed by atoms with Gasteiger partial charge in [-0.25, -0.2) is 4.79 Å². The smallest absolute Gasteiger partial charge is 0.335 e. The van der Waals surface area contributed by atoms with E-state index in [1.165, 1.54) is 0 Å². The van der Waals surface area contributed by atoms with E-state index in [-0.39, 0.29) is 5.92 Å². The van der Waals surface area contributed by atoms with Crippen LogP contribution in [-0.4, -0.2) is 16.1 Å². The molecule has 1 N–H and O–H groups in total. The molecule has 0 aliphatic carbocycles. The largest absolute Gasteiger partial charge is 0.478 e. The number of carboxylic acid groups (broad SMARTS) is 1. The number of aromatic nitrogens is 1. The summed E-state index contributed by atoms with van der Waals surface area (Å²) in [6.45, 7) is 6.07. The number of hydrogen-bond donors (Lipinski definition) is 1. The first-order valence-electron chi connectivity index (χ1n) is 6.28. The molecule has 0 saturated carbocycles. The van der Waals surface area contributed by atoms with E-state index < -0.39 is 5.97 Å². The zero-order valence-corrected chi connectivity index (χ0v) is 11.3. The minimum Gasteiger partial charge on any atom is -0.478 e. The summed E-state index contributed by atoms with van der Waals surface area (Å²) in [5.41, 5.74) is 4.06. The Balaban J connectivity index is 2.55. The topological polar surface area (TPSA) is 50.2 Å². The number of carbonyl (C=O) groups is 1. The second kappa shape index (κ2) is 5.22. The molecular weight excluding hydrogens is 238 g/mol. The summed E-state index contributed by atoms with van der Waals surface area (Å²) in [7, 11) is 0. The molecule has 3 nitrogen and oxygen atoms in total. The Morgan fingerprint density at radius 3 is 2.47 bits per heavy atom. The van der Waals surface area contributed by atoms with Crippen molar-refractivity contribution in [2.24, 2.45) is 0 Å². The first-order chi connectivity index (χ1) is 8.97. The normalized spacial score (nSPS) is 10.7. The molecule has 0 radical (unpaired) electrons. The van der Waals surface area contributed by atoms with Crippen molar-refractivity contribution in [1.29, 1.82) is 0 Å². The zero-order chi connectivity index (χ0) is 14.0. The monoisotopic (exact) mass is 255 g/mol. The van der Waals surface area contributed by atoms with Gasteiger partial charge >= 0.3 is 5.97 Å². The molecule has 0 aliphatic rings. The Labute approximate surface area is 112 Å². The van der Waals surface area contributed by atoms with Gasteiger partial charge in [0.05, 0.1) is 11.3 Å².